The zero-order valence-electron chi connectivity index (χ0n) is 11.9. The second-order valence-electron chi connectivity index (χ2n) is 5.15. The number of carbonyl (C=O) groups is 2. The van der Waals surface area contributed by atoms with Crippen LogP contribution < -0.4 is 0 Å². The van der Waals surface area contributed by atoms with Crippen molar-refractivity contribution in [3.05, 3.63) is 0 Å². The van der Waals surface area contributed by atoms with E-state index in [0.717, 1.165) is 12.8 Å². The first-order valence-corrected chi connectivity index (χ1v) is 7.08. The van der Waals surface area contributed by atoms with Crippen LogP contribution in [-0.2, 0) is 19.1 Å². The molecule has 0 aromatic heterocycles. The van der Waals surface area contributed by atoms with Crippen LogP contribution in [0.4, 0.5) is 0 Å². The monoisotopic (exact) mass is 285 g/mol. The molecule has 0 aromatic rings. The third-order valence-corrected chi connectivity index (χ3v) is 3.55. The van der Waals surface area contributed by atoms with Gasteiger partial charge >= 0.3 is 11.9 Å². The van der Waals surface area contributed by atoms with Crippen molar-refractivity contribution in [2.24, 2.45) is 11.8 Å². The second kappa shape index (κ2) is 8.55. The Morgan fingerprint density at radius 1 is 1.05 bits per heavy atom. The van der Waals surface area contributed by atoms with Crippen LogP contribution in [0.5, 0.6) is 0 Å². The van der Waals surface area contributed by atoms with E-state index in [1.807, 2.05) is 0 Å². The summed E-state index contributed by atoms with van der Waals surface area (Å²) in [5.74, 6) is -0.960. The molecule has 0 unspecified atom stereocenters. The summed E-state index contributed by atoms with van der Waals surface area (Å²) in [7, 11) is 0. The topological polar surface area (TPSA) is 96.7 Å². The molecule has 0 aliphatic heterocycles. The number of unbranched alkanes of at least 4 members (excludes halogenated alkanes) is 1. The lowest BCUT2D eigenvalue weighted by Gasteiger charge is -2.26. The normalized spacial score (nSPS) is 22.1. The van der Waals surface area contributed by atoms with E-state index in [4.69, 9.17) is 20.0 Å². The van der Waals surface area contributed by atoms with Crippen molar-refractivity contribution in [1.82, 2.24) is 0 Å². The maximum atomic E-state index is 10.8. The first kappa shape index (κ1) is 16.5. The van der Waals surface area contributed by atoms with Gasteiger partial charge < -0.3 is 14.6 Å². The van der Waals surface area contributed by atoms with Crippen molar-refractivity contribution in [3.8, 4) is 0 Å². The lowest BCUT2D eigenvalue weighted by molar-refractivity contribution is -0.143. The molecule has 1 fully saturated rings. The van der Waals surface area contributed by atoms with Gasteiger partial charge in [-0.25, -0.2) is 0 Å². The van der Waals surface area contributed by atoms with Crippen LogP contribution in [0.1, 0.15) is 45.4 Å². The highest BCUT2D eigenvalue weighted by Gasteiger charge is 2.28. The summed E-state index contributed by atoms with van der Waals surface area (Å²) in [6, 6.07) is 0. The van der Waals surface area contributed by atoms with Crippen molar-refractivity contribution in [3.63, 3.8) is 0 Å². The van der Waals surface area contributed by atoms with Gasteiger partial charge in [-0.1, -0.05) is 0 Å². The van der Waals surface area contributed by atoms with Crippen molar-refractivity contribution in [1.29, 1.82) is 5.41 Å². The average Bonchev–Trinajstić information content (AvgIpc) is 2.42. The van der Waals surface area contributed by atoms with Gasteiger partial charge in [0, 0.05) is 12.8 Å². The molecule has 1 saturated carbocycles. The number of hydrogen-bond acceptors (Lipinski definition) is 5. The number of aliphatic carboxylic acids is 1. The molecule has 2 N–H and O–H groups in total. The number of rotatable bonds is 7. The molecule has 114 valence electrons. The summed E-state index contributed by atoms with van der Waals surface area (Å²) in [5, 5.41) is 16.8. The molecule has 20 heavy (non-hydrogen) atoms. The summed E-state index contributed by atoms with van der Waals surface area (Å²) in [6.45, 7) is 2.20. The standard InChI is InChI=1S/C14H23NO5/c1-10(16)19-8-2-3-9-20-13(15)11-4-6-12(7-5-11)14(17)18/h11-12,15H,2-9H2,1H3,(H,17,18). The molecular formula is C14H23NO5. The lowest BCUT2D eigenvalue weighted by Crippen LogP contribution is -2.27. The molecule has 1 aliphatic rings. The molecular weight excluding hydrogens is 262 g/mol. The predicted molar refractivity (Wildman–Crippen MR) is 72.6 cm³/mol. The smallest absolute Gasteiger partial charge is 0.306 e. The van der Waals surface area contributed by atoms with Crippen LogP contribution in [0.15, 0.2) is 0 Å². The zero-order valence-corrected chi connectivity index (χ0v) is 11.9. The van der Waals surface area contributed by atoms with Gasteiger partial charge in [-0.2, -0.15) is 0 Å². The van der Waals surface area contributed by atoms with Crippen LogP contribution in [0, 0.1) is 17.2 Å². The van der Waals surface area contributed by atoms with Crippen LogP contribution in [0.25, 0.3) is 0 Å². The number of carbonyl (C=O) groups excluding carboxylic acids is 1. The molecule has 1 rings (SSSR count). The first-order valence-electron chi connectivity index (χ1n) is 7.08. The molecule has 0 spiro atoms. The molecule has 0 heterocycles. The van der Waals surface area contributed by atoms with E-state index in [1.165, 1.54) is 6.92 Å². The highest BCUT2D eigenvalue weighted by atomic mass is 16.5. The number of carboxylic acids is 1. The molecule has 0 aromatic carbocycles. The molecule has 0 amide bonds. The van der Waals surface area contributed by atoms with E-state index < -0.39 is 5.97 Å². The van der Waals surface area contributed by atoms with Crippen LogP contribution in [-0.4, -0.2) is 36.2 Å². The minimum atomic E-state index is -0.735. The third-order valence-electron chi connectivity index (χ3n) is 3.55. The Morgan fingerprint density at radius 3 is 2.05 bits per heavy atom. The SMILES string of the molecule is CC(=O)OCCCCOC(=N)C1CCC(C(=O)O)CC1. The molecule has 0 saturated heterocycles. The Labute approximate surface area is 119 Å². The van der Waals surface area contributed by atoms with Crippen molar-refractivity contribution >= 4 is 17.8 Å². The molecule has 1 aliphatic carbocycles. The van der Waals surface area contributed by atoms with Crippen LogP contribution in [0.2, 0.25) is 0 Å². The van der Waals surface area contributed by atoms with Gasteiger partial charge in [0.2, 0.25) is 0 Å². The van der Waals surface area contributed by atoms with E-state index >= 15 is 0 Å². The van der Waals surface area contributed by atoms with Gasteiger partial charge in [0.05, 0.1) is 19.1 Å². The second-order valence-corrected chi connectivity index (χ2v) is 5.15. The van der Waals surface area contributed by atoms with Crippen molar-refractivity contribution in [2.45, 2.75) is 45.4 Å². The summed E-state index contributed by atoms with van der Waals surface area (Å²) < 4.78 is 10.2. The van der Waals surface area contributed by atoms with E-state index in [9.17, 15) is 9.59 Å². The summed E-state index contributed by atoms with van der Waals surface area (Å²) in [6.07, 6.45) is 4.13. The van der Waals surface area contributed by atoms with Gasteiger partial charge in [0.15, 0.2) is 5.90 Å². The van der Waals surface area contributed by atoms with Crippen LogP contribution >= 0.6 is 0 Å². The first-order chi connectivity index (χ1) is 9.50. The fraction of sp³-hybridized carbons (Fsp3) is 0.786. The maximum Gasteiger partial charge on any atom is 0.306 e. The zero-order chi connectivity index (χ0) is 15.0. The summed E-state index contributed by atoms with van der Waals surface area (Å²) in [4.78, 5) is 21.4. The van der Waals surface area contributed by atoms with Gasteiger partial charge in [-0.05, 0) is 38.5 Å². The largest absolute Gasteiger partial charge is 0.481 e. The molecule has 0 bridgehead atoms. The summed E-state index contributed by atoms with van der Waals surface area (Å²) >= 11 is 0. The van der Waals surface area contributed by atoms with E-state index in [2.05, 4.69) is 0 Å². The van der Waals surface area contributed by atoms with E-state index in [-0.39, 0.29) is 23.7 Å². The van der Waals surface area contributed by atoms with Gasteiger partial charge in [-0.3, -0.25) is 15.0 Å². The number of esters is 1. The number of carboxylic acid groups (broad SMARTS) is 1. The number of hydrogen-bond donors (Lipinski definition) is 2. The highest BCUT2D eigenvalue weighted by Crippen LogP contribution is 2.29. The highest BCUT2D eigenvalue weighted by molar-refractivity contribution is 5.76. The molecule has 6 nitrogen and oxygen atoms in total. The third kappa shape index (κ3) is 6.04. The Morgan fingerprint density at radius 2 is 1.55 bits per heavy atom. The number of nitrogens with one attached hydrogen (secondary N) is 1. The van der Waals surface area contributed by atoms with Gasteiger partial charge in [-0.15, -0.1) is 0 Å². The Kier molecular flexibility index (Phi) is 7.04. The Hall–Kier alpha value is -1.59. The molecule has 0 radical (unpaired) electrons. The molecule has 6 heteroatoms. The van der Waals surface area contributed by atoms with Gasteiger partial charge in [0.25, 0.3) is 0 Å². The Bertz CT molecular complexity index is 347. The maximum absolute atomic E-state index is 10.8. The van der Waals surface area contributed by atoms with E-state index in [1.54, 1.807) is 0 Å². The van der Waals surface area contributed by atoms with E-state index in [0.29, 0.717) is 38.9 Å². The minimum absolute atomic E-state index is 0.0547. The predicted octanol–water partition coefficient (Wildman–Crippen LogP) is 2.21. The summed E-state index contributed by atoms with van der Waals surface area (Å²) in [5.41, 5.74) is 0. The van der Waals surface area contributed by atoms with Crippen molar-refractivity contribution < 1.29 is 24.2 Å². The van der Waals surface area contributed by atoms with Crippen molar-refractivity contribution in [2.75, 3.05) is 13.2 Å². The average molecular weight is 285 g/mol. The number of ether oxygens (including phenoxy) is 2. The fourth-order valence-electron chi connectivity index (χ4n) is 2.32. The fourth-order valence-corrected chi connectivity index (χ4v) is 2.32. The minimum Gasteiger partial charge on any atom is -0.481 e. The quantitative estimate of drug-likeness (QED) is 0.323. The van der Waals surface area contributed by atoms with Crippen LogP contribution in [0.3, 0.4) is 0 Å². The lowest BCUT2D eigenvalue weighted by atomic mass is 9.82. The molecule has 0 atom stereocenters. The Balaban J connectivity index is 2.09. The van der Waals surface area contributed by atoms with Gasteiger partial charge in [0.1, 0.15) is 0 Å².